The maximum absolute atomic E-state index is 11.3. The van der Waals surface area contributed by atoms with Gasteiger partial charge in [0.2, 0.25) is 5.91 Å². The lowest BCUT2D eigenvalue weighted by atomic mass is 10.1. The first kappa shape index (κ1) is 12.8. The number of nitrogens with two attached hydrogens (primary N) is 1. The van der Waals surface area contributed by atoms with Gasteiger partial charge in [0.05, 0.1) is 6.04 Å². The zero-order valence-corrected chi connectivity index (χ0v) is 10.8. The average Bonchev–Trinajstić information content (AvgIpc) is 2.28. The number of hydrogen-bond donors (Lipinski definition) is 1. The largest absolute Gasteiger partial charge is 0.368 e. The highest BCUT2D eigenvalue weighted by atomic mass is 32.2. The predicted molar refractivity (Wildman–Crippen MR) is 66.0 cm³/mol. The Labute approximate surface area is 96.8 Å². The molecule has 1 aliphatic rings. The summed E-state index contributed by atoms with van der Waals surface area (Å²) in [5.74, 6) is 0.916. The summed E-state index contributed by atoms with van der Waals surface area (Å²) >= 11 is 1.99. The Balaban J connectivity index is 2.60. The number of amides is 1. The number of thioether (sulfide) groups is 1. The quantitative estimate of drug-likeness (QED) is 0.798. The van der Waals surface area contributed by atoms with Crippen molar-refractivity contribution in [2.24, 2.45) is 5.73 Å². The lowest BCUT2D eigenvalue weighted by molar-refractivity contribution is -0.123. The minimum Gasteiger partial charge on any atom is -0.368 e. The van der Waals surface area contributed by atoms with E-state index in [2.05, 4.69) is 18.7 Å². The topological polar surface area (TPSA) is 46.3 Å². The SMILES string of the molecule is CCC(C(N)=O)N1CCSC(C)(C)CC1. The molecule has 0 aromatic rings. The Morgan fingerprint density at radius 3 is 2.73 bits per heavy atom. The van der Waals surface area contributed by atoms with E-state index in [4.69, 9.17) is 5.73 Å². The van der Waals surface area contributed by atoms with Crippen LogP contribution in [0.5, 0.6) is 0 Å². The van der Waals surface area contributed by atoms with Crippen molar-refractivity contribution in [1.82, 2.24) is 4.90 Å². The van der Waals surface area contributed by atoms with Crippen LogP contribution in [-0.4, -0.2) is 40.4 Å². The lowest BCUT2D eigenvalue weighted by Crippen LogP contribution is -2.45. The van der Waals surface area contributed by atoms with Crippen molar-refractivity contribution in [3.63, 3.8) is 0 Å². The summed E-state index contributed by atoms with van der Waals surface area (Å²) in [7, 11) is 0. The Kier molecular flexibility index (Phi) is 4.46. The van der Waals surface area contributed by atoms with Crippen LogP contribution in [0.25, 0.3) is 0 Å². The first-order chi connectivity index (χ1) is 6.96. The van der Waals surface area contributed by atoms with Crippen LogP contribution < -0.4 is 5.73 Å². The first-order valence-corrected chi connectivity index (χ1v) is 6.62. The summed E-state index contributed by atoms with van der Waals surface area (Å²) in [6.07, 6.45) is 1.95. The second kappa shape index (κ2) is 5.21. The van der Waals surface area contributed by atoms with E-state index in [-0.39, 0.29) is 11.9 Å². The fourth-order valence-electron chi connectivity index (χ4n) is 1.99. The van der Waals surface area contributed by atoms with Crippen molar-refractivity contribution in [2.75, 3.05) is 18.8 Å². The number of nitrogens with zero attached hydrogens (tertiary/aromatic N) is 1. The van der Waals surface area contributed by atoms with Gasteiger partial charge in [-0.05, 0) is 12.8 Å². The molecule has 2 N–H and O–H groups in total. The maximum Gasteiger partial charge on any atom is 0.234 e. The Morgan fingerprint density at radius 2 is 2.20 bits per heavy atom. The molecule has 4 heteroatoms. The van der Waals surface area contributed by atoms with Gasteiger partial charge in [0.15, 0.2) is 0 Å². The minimum absolute atomic E-state index is 0.0699. The zero-order valence-electron chi connectivity index (χ0n) is 9.95. The van der Waals surface area contributed by atoms with Crippen molar-refractivity contribution >= 4 is 17.7 Å². The molecule has 1 amide bonds. The normalized spacial score (nSPS) is 24.5. The Hall–Kier alpha value is -0.220. The molecule has 1 saturated heterocycles. The molecule has 1 fully saturated rings. The number of carbonyl (C=O) groups excluding carboxylic acids is 1. The van der Waals surface area contributed by atoms with Crippen molar-refractivity contribution in [1.29, 1.82) is 0 Å². The highest BCUT2D eigenvalue weighted by Crippen LogP contribution is 2.31. The average molecular weight is 230 g/mol. The third-order valence-corrected chi connectivity index (χ3v) is 4.40. The van der Waals surface area contributed by atoms with Gasteiger partial charge in [-0.15, -0.1) is 0 Å². The van der Waals surface area contributed by atoms with Gasteiger partial charge in [0, 0.05) is 23.6 Å². The molecular weight excluding hydrogens is 208 g/mol. The summed E-state index contributed by atoms with van der Waals surface area (Å²) in [4.78, 5) is 13.5. The summed E-state index contributed by atoms with van der Waals surface area (Å²) in [5, 5.41) is 0. The summed E-state index contributed by atoms with van der Waals surface area (Å²) < 4.78 is 0.338. The van der Waals surface area contributed by atoms with Crippen LogP contribution in [0.1, 0.15) is 33.6 Å². The van der Waals surface area contributed by atoms with Gasteiger partial charge >= 0.3 is 0 Å². The van der Waals surface area contributed by atoms with Gasteiger partial charge < -0.3 is 5.73 Å². The highest BCUT2D eigenvalue weighted by Gasteiger charge is 2.28. The van der Waals surface area contributed by atoms with Crippen LogP contribution >= 0.6 is 11.8 Å². The molecule has 15 heavy (non-hydrogen) atoms. The molecule has 0 saturated carbocycles. The molecule has 88 valence electrons. The molecule has 1 aliphatic heterocycles. The van der Waals surface area contributed by atoms with Gasteiger partial charge in [0.25, 0.3) is 0 Å². The van der Waals surface area contributed by atoms with Gasteiger partial charge in [-0.3, -0.25) is 9.69 Å². The van der Waals surface area contributed by atoms with E-state index in [1.807, 2.05) is 18.7 Å². The number of hydrogen-bond acceptors (Lipinski definition) is 3. The third-order valence-electron chi connectivity index (χ3n) is 3.03. The summed E-state index contributed by atoms with van der Waals surface area (Å²) in [5.41, 5.74) is 5.41. The molecular formula is C11H22N2OS. The lowest BCUT2D eigenvalue weighted by Gasteiger charge is -2.27. The molecule has 1 unspecified atom stereocenters. The first-order valence-electron chi connectivity index (χ1n) is 5.63. The van der Waals surface area contributed by atoms with Crippen LogP contribution in [0, 0.1) is 0 Å². The Bertz CT molecular complexity index is 231. The summed E-state index contributed by atoms with van der Waals surface area (Å²) in [6.45, 7) is 8.54. The number of primary amides is 1. The summed E-state index contributed by atoms with van der Waals surface area (Å²) in [6, 6.07) is -0.0699. The van der Waals surface area contributed by atoms with E-state index in [9.17, 15) is 4.79 Å². The molecule has 1 atom stereocenters. The molecule has 0 aromatic carbocycles. The molecule has 1 rings (SSSR count). The van der Waals surface area contributed by atoms with Crippen LogP contribution in [0.15, 0.2) is 0 Å². The number of carbonyl (C=O) groups is 1. The molecule has 0 aromatic heterocycles. The van der Waals surface area contributed by atoms with Gasteiger partial charge in [-0.2, -0.15) is 11.8 Å². The van der Waals surface area contributed by atoms with Crippen LogP contribution in [0.4, 0.5) is 0 Å². The van der Waals surface area contributed by atoms with Gasteiger partial charge in [0.1, 0.15) is 0 Å². The van der Waals surface area contributed by atoms with Crippen LogP contribution in [0.2, 0.25) is 0 Å². The van der Waals surface area contributed by atoms with Crippen molar-refractivity contribution in [3.05, 3.63) is 0 Å². The van der Waals surface area contributed by atoms with Gasteiger partial charge in [-0.1, -0.05) is 20.8 Å². The smallest absolute Gasteiger partial charge is 0.234 e. The third kappa shape index (κ3) is 3.68. The minimum atomic E-state index is -0.179. The fourth-order valence-corrected chi connectivity index (χ4v) is 3.10. The van der Waals surface area contributed by atoms with Crippen molar-refractivity contribution in [3.8, 4) is 0 Å². The van der Waals surface area contributed by atoms with Crippen molar-refractivity contribution < 1.29 is 4.79 Å². The standard InChI is InChI=1S/C11H22N2OS/c1-4-9(10(12)14)13-6-5-11(2,3)15-8-7-13/h9H,4-8H2,1-3H3,(H2,12,14). The molecule has 1 heterocycles. The van der Waals surface area contributed by atoms with E-state index in [1.54, 1.807) is 0 Å². The highest BCUT2D eigenvalue weighted by molar-refractivity contribution is 8.00. The predicted octanol–water partition coefficient (Wildman–Crippen LogP) is 1.47. The van der Waals surface area contributed by atoms with Gasteiger partial charge in [-0.25, -0.2) is 0 Å². The van der Waals surface area contributed by atoms with E-state index in [0.29, 0.717) is 4.75 Å². The monoisotopic (exact) mass is 230 g/mol. The zero-order chi connectivity index (χ0) is 11.5. The molecule has 0 bridgehead atoms. The molecule has 3 nitrogen and oxygen atoms in total. The second-order valence-corrected chi connectivity index (χ2v) is 6.52. The molecule has 0 aliphatic carbocycles. The molecule has 0 spiro atoms. The van der Waals surface area contributed by atoms with Crippen molar-refractivity contribution in [2.45, 2.75) is 44.4 Å². The van der Waals surface area contributed by atoms with Crippen LogP contribution in [-0.2, 0) is 4.79 Å². The number of rotatable bonds is 3. The molecule has 0 radical (unpaired) electrons. The van der Waals surface area contributed by atoms with E-state index in [1.165, 1.54) is 0 Å². The van der Waals surface area contributed by atoms with Crippen LogP contribution in [0.3, 0.4) is 0 Å². The van der Waals surface area contributed by atoms with E-state index < -0.39 is 0 Å². The fraction of sp³-hybridized carbons (Fsp3) is 0.909. The van der Waals surface area contributed by atoms with E-state index >= 15 is 0 Å². The Morgan fingerprint density at radius 1 is 1.53 bits per heavy atom. The van der Waals surface area contributed by atoms with E-state index in [0.717, 1.165) is 31.7 Å². The maximum atomic E-state index is 11.3. The second-order valence-electron chi connectivity index (χ2n) is 4.72.